The zero-order chi connectivity index (χ0) is 24.9. The topological polar surface area (TPSA) is 49.9 Å². The Labute approximate surface area is 187 Å². The minimum Gasteiger partial charge on any atom is -0.384 e. The molecule has 0 aliphatic heterocycles. The number of nitrogens with two attached hydrogens (primary N) is 1. The number of benzene rings is 1. The van der Waals surface area contributed by atoms with E-state index in [9.17, 15) is 4.39 Å². The molecule has 30 heavy (non-hydrogen) atoms. The Kier molecular flexibility index (Phi) is 27.2. The molecule has 174 valence electrons. The van der Waals surface area contributed by atoms with E-state index in [4.69, 9.17) is 11.1 Å². The zero-order valence-electron chi connectivity index (χ0n) is 21.8. The van der Waals surface area contributed by atoms with Crippen molar-refractivity contribution < 1.29 is 4.39 Å². The summed E-state index contributed by atoms with van der Waals surface area (Å²) in [5.74, 6) is 0.309. The van der Waals surface area contributed by atoms with Crippen molar-refractivity contribution in [1.29, 1.82) is 5.41 Å². The van der Waals surface area contributed by atoms with E-state index in [2.05, 4.69) is 20.4 Å². The quantitative estimate of drug-likeness (QED) is 0.285. The smallest absolute Gasteiger partial charge is 0.129 e. The van der Waals surface area contributed by atoms with Gasteiger partial charge in [0.25, 0.3) is 0 Å². The van der Waals surface area contributed by atoms with Gasteiger partial charge in [-0.25, -0.2) is 4.39 Å². The molecule has 0 fully saturated rings. The van der Waals surface area contributed by atoms with E-state index in [1.54, 1.807) is 12.2 Å². The number of allylic oxidation sites excluding steroid dienone is 3. The Hall–Kier alpha value is -2.16. The summed E-state index contributed by atoms with van der Waals surface area (Å²) in [6.45, 7) is 27.5. The highest BCUT2D eigenvalue weighted by Crippen LogP contribution is 2.22. The summed E-state index contributed by atoms with van der Waals surface area (Å²) in [5, 5.41) is 7.12. The van der Waals surface area contributed by atoms with Gasteiger partial charge in [-0.2, -0.15) is 0 Å². The molecule has 0 aromatic heterocycles. The molecular weight excluding hydrogens is 371 g/mol. The average Bonchev–Trinajstić information content (AvgIpc) is 2.69. The second-order valence-corrected chi connectivity index (χ2v) is 6.68. The van der Waals surface area contributed by atoms with Gasteiger partial charge in [0, 0.05) is 5.57 Å². The first-order valence-corrected chi connectivity index (χ1v) is 11.1. The summed E-state index contributed by atoms with van der Waals surface area (Å²) in [7, 11) is 0. The highest BCUT2D eigenvalue weighted by molar-refractivity contribution is 5.97. The molecule has 0 bridgehead atoms. The molecule has 2 nitrogen and oxygen atoms in total. The van der Waals surface area contributed by atoms with E-state index in [1.165, 1.54) is 6.42 Å². The van der Waals surface area contributed by atoms with Crippen LogP contribution < -0.4 is 5.73 Å². The van der Waals surface area contributed by atoms with Crippen molar-refractivity contribution in [2.75, 3.05) is 0 Å². The molecule has 0 amide bonds. The van der Waals surface area contributed by atoms with Gasteiger partial charge in [0.15, 0.2) is 0 Å². The Morgan fingerprint density at radius 1 is 1.10 bits per heavy atom. The van der Waals surface area contributed by atoms with Crippen molar-refractivity contribution in [3.63, 3.8) is 0 Å². The maximum Gasteiger partial charge on any atom is 0.129 e. The number of hydrogen-bond acceptors (Lipinski definition) is 1. The lowest BCUT2D eigenvalue weighted by molar-refractivity contribution is 0.589. The van der Waals surface area contributed by atoms with Crippen LogP contribution >= 0.6 is 0 Å². The molecule has 3 heteroatoms. The van der Waals surface area contributed by atoms with Crippen molar-refractivity contribution in [3.8, 4) is 0 Å². The first-order valence-electron chi connectivity index (χ1n) is 11.1. The molecule has 1 aromatic carbocycles. The Balaban J connectivity index is -0.000000174. The molecule has 1 rings (SSSR count). The highest BCUT2D eigenvalue weighted by Gasteiger charge is 2.08. The van der Waals surface area contributed by atoms with Crippen molar-refractivity contribution >= 4 is 5.84 Å². The highest BCUT2D eigenvalue weighted by atomic mass is 19.1. The van der Waals surface area contributed by atoms with Gasteiger partial charge < -0.3 is 5.73 Å². The molecule has 0 radical (unpaired) electrons. The van der Waals surface area contributed by atoms with Gasteiger partial charge in [0.2, 0.25) is 0 Å². The van der Waals surface area contributed by atoms with Crippen LogP contribution in [0.5, 0.6) is 0 Å². The van der Waals surface area contributed by atoms with Crippen molar-refractivity contribution in [2.45, 2.75) is 95.4 Å². The number of amidine groups is 1. The predicted molar refractivity (Wildman–Crippen MR) is 138 cm³/mol. The number of nitrogens with one attached hydrogen (secondary N) is 1. The summed E-state index contributed by atoms with van der Waals surface area (Å²) in [4.78, 5) is 0. The van der Waals surface area contributed by atoms with E-state index >= 15 is 0 Å². The maximum absolute atomic E-state index is 13.4. The third-order valence-electron chi connectivity index (χ3n) is 3.22. The van der Waals surface area contributed by atoms with Crippen LogP contribution in [-0.2, 0) is 0 Å². The monoisotopic (exact) mass is 420 g/mol. The summed E-state index contributed by atoms with van der Waals surface area (Å²) >= 11 is 0. The molecule has 0 aliphatic carbocycles. The lowest BCUT2D eigenvalue weighted by Crippen LogP contribution is -2.10. The first-order chi connectivity index (χ1) is 14.0. The summed E-state index contributed by atoms with van der Waals surface area (Å²) in [5.41, 5.74) is 9.66. The third kappa shape index (κ3) is 19.2. The fourth-order valence-corrected chi connectivity index (χ4v) is 1.98. The van der Waals surface area contributed by atoms with Gasteiger partial charge in [-0.1, -0.05) is 110 Å². The molecule has 0 aliphatic rings. The van der Waals surface area contributed by atoms with E-state index in [1.807, 2.05) is 87.4 Å². The number of hydrogen-bond donors (Lipinski definition) is 2. The second kappa shape index (κ2) is 23.1. The summed E-state index contributed by atoms with van der Waals surface area (Å²) < 4.78 is 13.4. The molecule has 0 unspecified atom stereocenters. The van der Waals surface area contributed by atoms with Crippen LogP contribution in [0.3, 0.4) is 0 Å². The van der Waals surface area contributed by atoms with Gasteiger partial charge in [0.1, 0.15) is 11.7 Å². The van der Waals surface area contributed by atoms with Crippen LogP contribution in [0.15, 0.2) is 48.1 Å². The number of rotatable bonds is 4. The molecule has 3 N–H and O–H groups in total. The van der Waals surface area contributed by atoms with E-state index in [0.717, 1.165) is 27.8 Å². The van der Waals surface area contributed by atoms with Gasteiger partial charge >= 0.3 is 0 Å². The minimum absolute atomic E-state index is 0.0457. The van der Waals surface area contributed by atoms with Crippen LogP contribution in [0.25, 0.3) is 0 Å². The van der Waals surface area contributed by atoms with Crippen molar-refractivity contribution in [3.05, 3.63) is 70.6 Å². The molecule has 0 atom stereocenters. The lowest BCUT2D eigenvalue weighted by atomic mass is 9.98. The van der Waals surface area contributed by atoms with E-state index < -0.39 is 0 Å². The van der Waals surface area contributed by atoms with Gasteiger partial charge in [0.05, 0.1) is 0 Å². The largest absolute Gasteiger partial charge is 0.384 e. The van der Waals surface area contributed by atoms with Crippen molar-refractivity contribution in [1.82, 2.24) is 0 Å². The average molecular weight is 421 g/mol. The van der Waals surface area contributed by atoms with Gasteiger partial charge in [-0.05, 0) is 44.7 Å². The number of halogens is 1. The van der Waals surface area contributed by atoms with Crippen LogP contribution in [0.4, 0.5) is 4.39 Å². The molecule has 0 saturated heterocycles. The normalized spacial score (nSPS) is 9.73. The Morgan fingerprint density at radius 2 is 1.53 bits per heavy atom. The fraction of sp³-hybridized carbons (Fsp3) is 0.519. The first kappa shape index (κ1) is 35.3. The third-order valence-corrected chi connectivity index (χ3v) is 3.22. The maximum atomic E-state index is 13.4. The molecule has 0 spiro atoms. The zero-order valence-corrected chi connectivity index (χ0v) is 21.8. The van der Waals surface area contributed by atoms with Crippen LogP contribution in [-0.4, -0.2) is 5.84 Å². The van der Waals surface area contributed by atoms with E-state index in [0.29, 0.717) is 0 Å². The fourth-order valence-electron chi connectivity index (χ4n) is 1.98. The van der Waals surface area contributed by atoms with Crippen LogP contribution in [0.2, 0.25) is 0 Å². The van der Waals surface area contributed by atoms with Crippen LogP contribution in [0, 0.1) is 25.1 Å². The Bertz CT molecular complexity index is 639. The van der Waals surface area contributed by atoms with Crippen LogP contribution in [0.1, 0.15) is 98.3 Å². The number of aryl methyl sites for hydroxylation is 2. The molecule has 0 heterocycles. The minimum atomic E-state index is -0.0457. The lowest BCUT2D eigenvalue weighted by Gasteiger charge is -2.10. The van der Waals surface area contributed by atoms with Crippen molar-refractivity contribution in [2.24, 2.45) is 5.73 Å². The molecule has 0 saturated carbocycles. The SMILES string of the molecule is C=C(C)/C=C\C(=C/C)C(=N)N.CC.CC.CCC.Cc1cc(C)c(F)c(C(C)C)c1. The predicted octanol–water partition coefficient (Wildman–Crippen LogP) is 9.04. The van der Waals surface area contributed by atoms with E-state index in [-0.39, 0.29) is 17.6 Å². The molecular formula is C27H49FN2. The summed E-state index contributed by atoms with van der Waals surface area (Å²) in [6.07, 6.45) is 6.66. The molecule has 1 aromatic rings. The standard InChI is InChI=1S/C11H15F.C9H14N2.C3H8.2C2H6/c1-7(2)10-6-8(3)5-9(4)11(10)12;1-4-8(9(10)11)6-5-7(2)3;1-3-2;2*1-2/h5-7H,1-4H3;4-6H,2H2,1,3H3,(H3,10,11);3H2,1-2H3;2*1-2H3/b;6-5-,8-4+;;;. The van der Waals surface area contributed by atoms with Gasteiger partial charge in [-0.15, -0.1) is 0 Å². The summed E-state index contributed by atoms with van der Waals surface area (Å²) in [6, 6.07) is 3.80. The van der Waals surface area contributed by atoms with Gasteiger partial charge in [-0.3, -0.25) is 5.41 Å². The second-order valence-electron chi connectivity index (χ2n) is 6.68. The Morgan fingerprint density at radius 3 is 1.83 bits per heavy atom.